The van der Waals surface area contributed by atoms with Crippen molar-refractivity contribution < 1.29 is 21.6 Å². The van der Waals surface area contributed by atoms with Gasteiger partial charge >= 0.3 is 6.18 Å². The predicted octanol–water partition coefficient (Wildman–Crippen LogP) is 2.51. The van der Waals surface area contributed by atoms with E-state index in [1.165, 1.54) is 0 Å². The van der Waals surface area contributed by atoms with Crippen molar-refractivity contribution in [2.45, 2.75) is 32.4 Å². The van der Waals surface area contributed by atoms with Crippen LogP contribution in [0.25, 0.3) is 0 Å². The molecule has 0 radical (unpaired) electrons. The Labute approximate surface area is 105 Å². The maximum Gasteiger partial charge on any atom is 0.389 e. The van der Waals surface area contributed by atoms with Crippen LogP contribution in [0, 0.1) is 5.92 Å². The Morgan fingerprint density at radius 3 is 2.35 bits per heavy atom. The highest BCUT2D eigenvalue weighted by Crippen LogP contribution is 2.21. The number of hydrogen-bond acceptors (Lipinski definition) is 2. The molecular formula is C9H17ClF3NO2S. The van der Waals surface area contributed by atoms with Crippen LogP contribution in [0.15, 0.2) is 0 Å². The van der Waals surface area contributed by atoms with Gasteiger partial charge in [-0.25, -0.2) is 13.1 Å². The smallest absolute Gasteiger partial charge is 0.215 e. The van der Waals surface area contributed by atoms with Gasteiger partial charge in [0.15, 0.2) is 0 Å². The first-order valence-corrected chi connectivity index (χ1v) is 7.45. The van der Waals surface area contributed by atoms with E-state index in [9.17, 15) is 21.6 Å². The fourth-order valence-corrected chi connectivity index (χ4v) is 2.83. The highest BCUT2D eigenvalue weighted by molar-refractivity contribution is 7.89. The molecule has 0 aliphatic carbocycles. The summed E-state index contributed by atoms with van der Waals surface area (Å²) in [7, 11) is -3.42. The third-order valence-electron chi connectivity index (χ3n) is 1.98. The lowest BCUT2D eigenvalue weighted by Crippen LogP contribution is -2.30. The van der Waals surface area contributed by atoms with Gasteiger partial charge in [0.25, 0.3) is 0 Å². The molecule has 0 aromatic carbocycles. The molecule has 0 aliphatic rings. The molecule has 0 aromatic heterocycles. The second-order valence-corrected chi connectivity index (χ2v) is 6.17. The summed E-state index contributed by atoms with van der Waals surface area (Å²) in [6.45, 7) is 1.73. The standard InChI is InChI=1S/C9H17ClF3NO2S/c1-8(6-10)7-17(15,16)14-5-3-2-4-9(11,12)13/h8,14H,2-7H2,1H3. The van der Waals surface area contributed by atoms with E-state index in [2.05, 4.69) is 4.72 Å². The van der Waals surface area contributed by atoms with E-state index in [1.807, 2.05) is 0 Å². The summed E-state index contributed by atoms with van der Waals surface area (Å²) < 4.78 is 60.3. The van der Waals surface area contributed by atoms with E-state index in [4.69, 9.17) is 11.6 Å². The Bertz CT molecular complexity index is 306. The van der Waals surface area contributed by atoms with Gasteiger partial charge < -0.3 is 0 Å². The topological polar surface area (TPSA) is 46.2 Å². The molecule has 0 aromatic rings. The van der Waals surface area contributed by atoms with Gasteiger partial charge in [-0.3, -0.25) is 0 Å². The summed E-state index contributed by atoms with van der Waals surface area (Å²) in [4.78, 5) is 0. The zero-order valence-corrected chi connectivity index (χ0v) is 11.1. The van der Waals surface area contributed by atoms with Crippen LogP contribution in [0.3, 0.4) is 0 Å². The lowest BCUT2D eigenvalue weighted by molar-refractivity contribution is -0.135. The van der Waals surface area contributed by atoms with Crippen LogP contribution >= 0.6 is 11.6 Å². The van der Waals surface area contributed by atoms with Gasteiger partial charge in [-0.05, 0) is 18.8 Å². The first-order valence-electron chi connectivity index (χ1n) is 5.26. The van der Waals surface area contributed by atoms with E-state index in [0.29, 0.717) is 0 Å². The summed E-state index contributed by atoms with van der Waals surface area (Å²) in [6.07, 6.45) is -4.95. The Hall–Kier alpha value is -0.0100. The average Bonchev–Trinajstić information content (AvgIpc) is 2.14. The van der Waals surface area contributed by atoms with Crippen LogP contribution in [0.4, 0.5) is 13.2 Å². The molecule has 0 saturated heterocycles. The van der Waals surface area contributed by atoms with Crippen molar-refractivity contribution in [1.29, 1.82) is 0 Å². The number of nitrogens with one attached hydrogen (secondary N) is 1. The Balaban J connectivity index is 3.74. The molecule has 0 rings (SSSR count). The zero-order valence-electron chi connectivity index (χ0n) is 9.56. The molecule has 104 valence electrons. The predicted molar refractivity (Wildman–Crippen MR) is 61.6 cm³/mol. The van der Waals surface area contributed by atoms with E-state index >= 15 is 0 Å². The second-order valence-electron chi connectivity index (χ2n) is 4.01. The van der Waals surface area contributed by atoms with E-state index in [-0.39, 0.29) is 36.9 Å². The second kappa shape index (κ2) is 7.43. The number of sulfonamides is 1. The monoisotopic (exact) mass is 295 g/mol. The lowest BCUT2D eigenvalue weighted by atomic mass is 10.2. The fourth-order valence-electron chi connectivity index (χ4n) is 1.16. The normalized spacial score (nSPS) is 14.9. The summed E-state index contributed by atoms with van der Waals surface area (Å²) in [5, 5.41) is 0. The quantitative estimate of drug-likeness (QED) is 0.552. The molecule has 1 N–H and O–H groups in total. The largest absolute Gasteiger partial charge is 0.389 e. The van der Waals surface area contributed by atoms with Crippen LogP contribution in [0.5, 0.6) is 0 Å². The molecule has 0 aliphatic heterocycles. The van der Waals surface area contributed by atoms with Gasteiger partial charge in [0.1, 0.15) is 0 Å². The molecule has 1 unspecified atom stereocenters. The van der Waals surface area contributed by atoms with Crippen LogP contribution in [0.1, 0.15) is 26.2 Å². The van der Waals surface area contributed by atoms with Crippen molar-refractivity contribution in [2.75, 3.05) is 18.2 Å². The highest BCUT2D eigenvalue weighted by atomic mass is 35.5. The van der Waals surface area contributed by atoms with Crippen molar-refractivity contribution >= 4 is 21.6 Å². The summed E-state index contributed by atoms with van der Waals surface area (Å²) in [5.74, 6) is -0.0468. The molecule has 8 heteroatoms. The molecule has 3 nitrogen and oxygen atoms in total. The van der Waals surface area contributed by atoms with Gasteiger partial charge in [0.2, 0.25) is 10.0 Å². The molecule has 0 fully saturated rings. The molecule has 1 atom stereocenters. The number of rotatable bonds is 8. The van der Waals surface area contributed by atoms with Crippen LogP contribution in [0.2, 0.25) is 0 Å². The number of hydrogen-bond donors (Lipinski definition) is 1. The van der Waals surface area contributed by atoms with Crippen LogP contribution in [-0.2, 0) is 10.0 Å². The van der Waals surface area contributed by atoms with Gasteiger partial charge in [-0.2, -0.15) is 13.2 Å². The summed E-state index contributed by atoms with van der Waals surface area (Å²) in [5.41, 5.74) is 0. The number of unbranched alkanes of at least 4 members (excludes halogenated alkanes) is 1. The third-order valence-corrected chi connectivity index (χ3v) is 4.15. The SMILES string of the molecule is CC(CCl)CS(=O)(=O)NCCCCC(F)(F)F. The number of alkyl halides is 4. The Morgan fingerprint density at radius 2 is 1.88 bits per heavy atom. The third kappa shape index (κ3) is 10.8. The van der Waals surface area contributed by atoms with Crippen molar-refractivity contribution in [1.82, 2.24) is 4.72 Å². The van der Waals surface area contributed by atoms with Gasteiger partial charge in [0.05, 0.1) is 5.75 Å². The molecule has 17 heavy (non-hydrogen) atoms. The van der Waals surface area contributed by atoms with Crippen molar-refractivity contribution in [3.63, 3.8) is 0 Å². The van der Waals surface area contributed by atoms with Gasteiger partial charge in [0, 0.05) is 18.8 Å². The molecule has 0 heterocycles. The molecule has 0 amide bonds. The van der Waals surface area contributed by atoms with Crippen molar-refractivity contribution in [2.24, 2.45) is 5.92 Å². The highest BCUT2D eigenvalue weighted by Gasteiger charge is 2.25. The minimum Gasteiger partial charge on any atom is -0.215 e. The summed E-state index contributed by atoms with van der Waals surface area (Å²) in [6, 6.07) is 0. The first-order chi connectivity index (χ1) is 7.66. The maximum absolute atomic E-state index is 11.8. The number of halogens is 4. The first kappa shape index (κ1) is 17.0. The minimum atomic E-state index is -4.17. The summed E-state index contributed by atoms with van der Waals surface area (Å²) >= 11 is 5.47. The van der Waals surface area contributed by atoms with E-state index in [0.717, 1.165) is 0 Å². The zero-order chi connectivity index (χ0) is 13.5. The van der Waals surface area contributed by atoms with E-state index < -0.39 is 22.6 Å². The van der Waals surface area contributed by atoms with E-state index in [1.54, 1.807) is 6.92 Å². The van der Waals surface area contributed by atoms with Gasteiger partial charge in [-0.1, -0.05) is 6.92 Å². The van der Waals surface area contributed by atoms with Crippen molar-refractivity contribution in [3.8, 4) is 0 Å². The molecule has 0 bridgehead atoms. The molecule has 0 saturated carbocycles. The van der Waals surface area contributed by atoms with Crippen molar-refractivity contribution in [3.05, 3.63) is 0 Å². The molecular weight excluding hydrogens is 279 g/mol. The minimum absolute atomic E-state index is 0.0351. The Kier molecular flexibility index (Phi) is 7.43. The lowest BCUT2D eigenvalue weighted by Gasteiger charge is -2.10. The average molecular weight is 296 g/mol. The molecule has 0 spiro atoms. The van der Waals surface area contributed by atoms with Crippen LogP contribution in [-0.4, -0.2) is 32.8 Å². The Morgan fingerprint density at radius 1 is 1.29 bits per heavy atom. The fraction of sp³-hybridized carbons (Fsp3) is 1.00. The van der Waals surface area contributed by atoms with Gasteiger partial charge in [-0.15, -0.1) is 11.6 Å². The maximum atomic E-state index is 11.8. The van der Waals surface area contributed by atoms with Crippen LogP contribution < -0.4 is 4.72 Å².